The van der Waals surface area contributed by atoms with Gasteiger partial charge in [0.1, 0.15) is 0 Å². The number of ether oxygens (including phenoxy) is 3. The van der Waals surface area contributed by atoms with E-state index in [0.29, 0.717) is 42.4 Å². The van der Waals surface area contributed by atoms with Gasteiger partial charge in [0.2, 0.25) is 15.9 Å². The van der Waals surface area contributed by atoms with Crippen LogP contribution in [0.4, 0.5) is 4.79 Å². The lowest BCUT2D eigenvalue weighted by Crippen LogP contribution is -2.41. The number of carbonyl (C=O) groups is 1. The first-order chi connectivity index (χ1) is 18.3. The maximum Gasteiger partial charge on any atom is 0.412 e. The van der Waals surface area contributed by atoms with Gasteiger partial charge in [-0.1, -0.05) is 32.0 Å². The number of fused-ring (bicyclic) bond motifs is 1. The van der Waals surface area contributed by atoms with Crippen molar-refractivity contribution in [2.45, 2.75) is 44.2 Å². The van der Waals surface area contributed by atoms with E-state index in [1.807, 2.05) is 13.8 Å². The second-order valence-corrected chi connectivity index (χ2v) is 10.7. The van der Waals surface area contributed by atoms with Gasteiger partial charge in [0, 0.05) is 37.9 Å². The summed E-state index contributed by atoms with van der Waals surface area (Å²) in [7, 11) is -2.30. The molecule has 0 bridgehead atoms. The second-order valence-electron chi connectivity index (χ2n) is 8.82. The zero-order valence-electron chi connectivity index (χ0n) is 21.7. The lowest BCUT2D eigenvalue weighted by atomic mass is 10.1. The van der Waals surface area contributed by atoms with Gasteiger partial charge in [0.25, 0.3) is 5.56 Å². The molecule has 4 rings (SSSR count). The Hall–Kier alpha value is -3.48. The number of pyridine rings is 2. The summed E-state index contributed by atoms with van der Waals surface area (Å²) in [5, 5.41) is 3.32. The van der Waals surface area contributed by atoms with Gasteiger partial charge in [-0.2, -0.15) is 4.31 Å². The lowest BCUT2D eigenvalue weighted by Gasteiger charge is -2.27. The topological polar surface area (TPSA) is 129 Å². The Morgan fingerprint density at radius 3 is 2.55 bits per heavy atom. The van der Waals surface area contributed by atoms with Crippen molar-refractivity contribution in [1.82, 2.24) is 19.2 Å². The van der Waals surface area contributed by atoms with Crippen LogP contribution >= 0.6 is 0 Å². The number of morpholine rings is 1. The number of aromatic nitrogens is 2. The number of methoxy groups -OCH3 is 1. The molecule has 1 saturated heterocycles. The molecule has 11 nitrogen and oxygen atoms in total. The number of rotatable bonds is 9. The number of carbonyl (C=O) groups excluding carboxylic acids is 1. The number of nitrogens with zero attached hydrogens (tertiary/aromatic N) is 3. The van der Waals surface area contributed by atoms with Gasteiger partial charge < -0.3 is 24.1 Å². The summed E-state index contributed by atoms with van der Waals surface area (Å²) in [4.78, 5) is 30.4. The third-order valence-corrected chi connectivity index (χ3v) is 8.60. The van der Waals surface area contributed by atoms with Crippen LogP contribution in [0.2, 0.25) is 0 Å². The second kappa shape index (κ2) is 11.9. The highest BCUT2D eigenvalue weighted by atomic mass is 32.2. The molecule has 1 fully saturated rings. The number of amides is 1. The summed E-state index contributed by atoms with van der Waals surface area (Å²) in [6.45, 7) is 5.09. The first-order valence-corrected chi connectivity index (χ1v) is 13.9. The van der Waals surface area contributed by atoms with Crippen molar-refractivity contribution in [3.05, 3.63) is 58.6 Å². The fourth-order valence-electron chi connectivity index (χ4n) is 4.48. The summed E-state index contributed by atoms with van der Waals surface area (Å²) in [6, 6.07) is 7.95. The molecule has 204 valence electrons. The van der Waals surface area contributed by atoms with E-state index in [2.05, 4.69) is 10.3 Å². The third-order valence-electron chi connectivity index (χ3n) is 6.60. The largest absolute Gasteiger partial charge is 0.481 e. The highest BCUT2D eigenvalue weighted by Crippen LogP contribution is 2.28. The van der Waals surface area contributed by atoms with Gasteiger partial charge in [0.05, 0.1) is 42.2 Å². The fraction of sp³-hybridized carbons (Fsp3) is 0.423. The monoisotopic (exact) mass is 544 g/mol. The highest BCUT2D eigenvalue weighted by molar-refractivity contribution is 7.89. The van der Waals surface area contributed by atoms with Crippen LogP contribution in [-0.4, -0.2) is 61.8 Å². The van der Waals surface area contributed by atoms with Gasteiger partial charge >= 0.3 is 6.09 Å². The first kappa shape index (κ1) is 27.6. The Labute approximate surface area is 221 Å². The van der Waals surface area contributed by atoms with E-state index in [1.54, 1.807) is 22.8 Å². The van der Waals surface area contributed by atoms with E-state index in [9.17, 15) is 18.0 Å². The third kappa shape index (κ3) is 5.66. The van der Waals surface area contributed by atoms with Crippen LogP contribution in [0.25, 0.3) is 10.8 Å². The molecule has 0 radical (unpaired) electrons. The van der Waals surface area contributed by atoms with E-state index in [1.165, 1.54) is 35.9 Å². The molecule has 1 aliphatic heterocycles. The van der Waals surface area contributed by atoms with Gasteiger partial charge in [-0.25, -0.2) is 18.2 Å². The number of hydrogen-bond donors (Lipinski definition) is 1. The quantitative estimate of drug-likeness (QED) is 0.435. The lowest BCUT2D eigenvalue weighted by molar-refractivity contribution is 0.0730. The Kier molecular flexibility index (Phi) is 8.65. The summed E-state index contributed by atoms with van der Waals surface area (Å²) in [6.07, 6.45) is 3.58. The van der Waals surface area contributed by atoms with Crippen LogP contribution < -0.4 is 20.3 Å². The molecule has 0 aliphatic carbocycles. The maximum absolute atomic E-state index is 13.2. The van der Waals surface area contributed by atoms with Crippen molar-refractivity contribution < 1.29 is 27.4 Å². The Morgan fingerprint density at radius 2 is 1.87 bits per heavy atom. The number of sulfonamides is 1. The Bertz CT molecular complexity index is 1460. The molecule has 0 saturated carbocycles. The van der Waals surface area contributed by atoms with Crippen LogP contribution in [0.15, 0.2) is 52.4 Å². The molecule has 38 heavy (non-hydrogen) atoms. The minimum absolute atomic E-state index is 0.0746. The normalized spacial score (nSPS) is 14.5. The summed E-state index contributed by atoms with van der Waals surface area (Å²) < 4.78 is 45.4. The van der Waals surface area contributed by atoms with Crippen LogP contribution in [0, 0.1) is 0 Å². The van der Waals surface area contributed by atoms with E-state index in [-0.39, 0.29) is 47.8 Å². The molecule has 0 atom stereocenters. The van der Waals surface area contributed by atoms with Gasteiger partial charge in [-0.3, -0.25) is 4.79 Å². The molecule has 3 aromatic rings. The highest BCUT2D eigenvalue weighted by Gasteiger charge is 2.28. The molecule has 0 spiro atoms. The molecule has 1 aromatic carbocycles. The predicted molar refractivity (Wildman–Crippen MR) is 141 cm³/mol. The van der Waals surface area contributed by atoms with Crippen molar-refractivity contribution in [2.75, 3.05) is 33.4 Å². The summed E-state index contributed by atoms with van der Waals surface area (Å²) in [5.74, 6) is 0.429. The van der Waals surface area contributed by atoms with Gasteiger partial charge in [-0.05, 0) is 24.5 Å². The van der Waals surface area contributed by atoms with Crippen molar-refractivity contribution in [3.8, 4) is 11.6 Å². The minimum Gasteiger partial charge on any atom is -0.481 e. The van der Waals surface area contributed by atoms with Crippen molar-refractivity contribution in [3.63, 3.8) is 0 Å². The summed E-state index contributed by atoms with van der Waals surface area (Å²) >= 11 is 0. The first-order valence-electron chi connectivity index (χ1n) is 12.5. The van der Waals surface area contributed by atoms with E-state index < -0.39 is 16.1 Å². The van der Waals surface area contributed by atoms with Crippen molar-refractivity contribution in [2.24, 2.45) is 0 Å². The molecular weight excluding hydrogens is 512 g/mol. The Balaban J connectivity index is 1.59. The molecule has 12 heteroatoms. The number of hydrogen-bond acceptors (Lipinski definition) is 8. The predicted octanol–water partition coefficient (Wildman–Crippen LogP) is 3.08. The molecule has 3 heterocycles. The Morgan fingerprint density at radius 1 is 1.16 bits per heavy atom. The zero-order valence-corrected chi connectivity index (χ0v) is 22.5. The number of nitrogens with one attached hydrogen (secondary N) is 1. The average molecular weight is 545 g/mol. The van der Waals surface area contributed by atoms with E-state index in [4.69, 9.17) is 14.2 Å². The standard InChI is InChI=1S/C26H32N4O7S/c1-4-19(5-2)30-17-22(21-16-27-24(35-3)14-20(21)25(30)31)37-26(32)28-15-18-8-6-7-9-23(18)38(33,34)29-10-12-36-13-11-29/h6-9,14,16-17,19H,4-5,10-13,15H2,1-3H3,(H,28,32). The summed E-state index contributed by atoms with van der Waals surface area (Å²) in [5.41, 5.74) is 0.193. The SMILES string of the molecule is CCC(CC)n1cc(OC(=O)NCc2ccccc2S(=O)(=O)N2CCOCC2)c2cnc(OC)cc2c1=O. The molecule has 1 aliphatic rings. The van der Waals surface area contributed by atoms with Crippen LogP contribution in [0.1, 0.15) is 38.3 Å². The zero-order chi connectivity index (χ0) is 27.3. The molecular formula is C26H32N4O7S. The van der Waals surface area contributed by atoms with Crippen LogP contribution in [0.3, 0.4) is 0 Å². The van der Waals surface area contributed by atoms with Crippen LogP contribution in [0.5, 0.6) is 11.6 Å². The molecule has 2 aromatic heterocycles. The minimum atomic E-state index is -3.76. The average Bonchev–Trinajstić information content (AvgIpc) is 2.95. The van der Waals surface area contributed by atoms with Crippen molar-refractivity contribution in [1.29, 1.82) is 0 Å². The molecule has 1 amide bonds. The van der Waals surface area contributed by atoms with E-state index >= 15 is 0 Å². The maximum atomic E-state index is 13.2. The smallest absolute Gasteiger partial charge is 0.412 e. The van der Waals surface area contributed by atoms with Gasteiger partial charge in [0.15, 0.2) is 5.75 Å². The number of benzene rings is 1. The van der Waals surface area contributed by atoms with E-state index in [0.717, 1.165) is 0 Å². The molecule has 1 N–H and O–H groups in total. The van der Waals surface area contributed by atoms with Crippen LogP contribution in [-0.2, 0) is 21.3 Å². The van der Waals surface area contributed by atoms with Crippen molar-refractivity contribution >= 4 is 26.9 Å². The fourth-order valence-corrected chi connectivity index (χ4v) is 6.11. The molecule has 0 unspecified atom stereocenters. The van der Waals surface area contributed by atoms with Gasteiger partial charge in [-0.15, -0.1) is 0 Å².